The number of aryl methyl sites for hydroxylation is 2. The molecule has 0 aliphatic carbocycles. The number of benzene rings is 1. The van der Waals surface area contributed by atoms with Crippen LogP contribution in [0.4, 0.5) is 24.7 Å². The van der Waals surface area contributed by atoms with E-state index in [9.17, 15) is 31.5 Å². The number of piperidine rings is 1. The van der Waals surface area contributed by atoms with Gasteiger partial charge >= 0.3 is 12.1 Å². The fraction of sp³-hybridized carbons (Fsp3) is 0.424. The highest BCUT2D eigenvalue weighted by Gasteiger charge is 2.43. The van der Waals surface area contributed by atoms with Gasteiger partial charge in [-0.25, -0.2) is 18.2 Å². The first-order chi connectivity index (χ1) is 22.5. The number of alkyl halides is 3. The van der Waals surface area contributed by atoms with Gasteiger partial charge in [0.25, 0.3) is 0 Å². The number of aromatic nitrogens is 4. The van der Waals surface area contributed by atoms with Gasteiger partial charge in [-0.1, -0.05) is 18.2 Å². The Balaban J connectivity index is 1.46. The summed E-state index contributed by atoms with van der Waals surface area (Å²) >= 11 is 0. The maximum Gasteiger partial charge on any atom is 0.452 e. The summed E-state index contributed by atoms with van der Waals surface area (Å²) in [5, 5.41) is 17.5. The summed E-state index contributed by atoms with van der Waals surface area (Å²) in [6.07, 6.45) is 0.445. The van der Waals surface area contributed by atoms with Crippen LogP contribution in [0.15, 0.2) is 47.6 Å². The molecule has 0 amide bonds. The maximum atomic E-state index is 14.3. The normalized spacial score (nSPS) is 18.9. The molecule has 0 bridgehead atoms. The zero-order chi connectivity index (χ0) is 34.8. The van der Waals surface area contributed by atoms with Gasteiger partial charge in [-0.2, -0.15) is 17.5 Å². The Morgan fingerprint density at radius 3 is 2.58 bits per heavy atom. The second kappa shape index (κ2) is 11.9. The first kappa shape index (κ1) is 33.4. The third kappa shape index (κ3) is 5.56. The van der Waals surface area contributed by atoms with E-state index in [4.69, 9.17) is 6.57 Å². The molecule has 2 atom stereocenters. The first-order valence-electron chi connectivity index (χ1n) is 15.4. The number of halogens is 3. The molecule has 6 rings (SSSR count). The number of anilines is 1. The average molecular weight is 682 g/mol. The topological polar surface area (TPSA) is 125 Å². The first-order valence-corrected chi connectivity index (χ1v) is 16.9. The fourth-order valence-corrected chi connectivity index (χ4v) is 8.55. The molecule has 0 saturated carbocycles. The zero-order valence-corrected chi connectivity index (χ0v) is 27.6. The molecule has 0 unspecified atom stereocenters. The largest absolute Gasteiger partial charge is 0.481 e. The molecule has 48 heavy (non-hydrogen) atoms. The second-order valence-electron chi connectivity index (χ2n) is 13.0. The van der Waals surface area contributed by atoms with Crippen LogP contribution in [-0.2, 0) is 27.5 Å². The van der Waals surface area contributed by atoms with E-state index in [0.717, 1.165) is 29.2 Å². The number of fused-ring (bicyclic) bond motifs is 4. The van der Waals surface area contributed by atoms with Crippen LogP contribution in [0.5, 0.6) is 0 Å². The Kier molecular flexibility index (Phi) is 8.23. The Bertz CT molecular complexity index is 2090. The van der Waals surface area contributed by atoms with Crippen LogP contribution >= 0.6 is 0 Å². The molecular weight excluding hydrogens is 647 g/mol. The van der Waals surface area contributed by atoms with Crippen LogP contribution in [0.1, 0.15) is 72.7 Å². The summed E-state index contributed by atoms with van der Waals surface area (Å²) in [5.41, 5.74) is 1.40. The summed E-state index contributed by atoms with van der Waals surface area (Å²) in [6, 6.07) is 8.06. The van der Waals surface area contributed by atoms with Crippen LogP contribution in [0.25, 0.3) is 10.5 Å². The summed E-state index contributed by atoms with van der Waals surface area (Å²) in [4.78, 5) is 22.6. The van der Waals surface area contributed by atoms with Gasteiger partial charge in [0.15, 0.2) is 5.65 Å². The standard InChI is InChI=1S/C33H34F3N7O4S/c1-19-9-10-21(27(32(3,4)31(44)45)25-11-13-43-28(20(25)2)39-40-30(43)33(34,35)36)14-22(19)17-41-18-24-8-6-7-12-42(24)29-26(48(41,46)47)15-23(37-5)16-38-29/h9-11,13-16,24,27H,6-8,12,17-18H2,1-4H3,(H,44,45)/t24-,27-/m0/s1. The van der Waals surface area contributed by atoms with Crippen molar-refractivity contribution in [1.82, 2.24) is 23.9 Å². The monoisotopic (exact) mass is 681 g/mol. The number of sulfonamides is 1. The van der Waals surface area contributed by atoms with Crippen LogP contribution in [0, 0.1) is 25.8 Å². The number of nitrogens with zero attached hydrogens (tertiary/aromatic N) is 7. The van der Waals surface area contributed by atoms with Gasteiger partial charge in [0, 0.05) is 44.0 Å². The molecule has 2 aliphatic heterocycles. The molecular formula is C33H34F3N7O4S. The number of carboxylic acids is 1. The van der Waals surface area contributed by atoms with Crippen molar-refractivity contribution in [3.05, 3.63) is 87.8 Å². The van der Waals surface area contributed by atoms with Crippen molar-refractivity contribution in [2.24, 2.45) is 5.41 Å². The van der Waals surface area contributed by atoms with Crippen LogP contribution < -0.4 is 4.90 Å². The lowest BCUT2D eigenvalue weighted by Crippen LogP contribution is -2.45. The van der Waals surface area contributed by atoms with E-state index in [0.29, 0.717) is 34.6 Å². The lowest BCUT2D eigenvalue weighted by Gasteiger charge is -2.36. The van der Waals surface area contributed by atoms with Gasteiger partial charge in [0.1, 0.15) is 10.7 Å². The van der Waals surface area contributed by atoms with E-state index in [-0.39, 0.29) is 35.4 Å². The molecule has 5 heterocycles. The molecule has 1 aromatic carbocycles. The van der Waals surface area contributed by atoms with E-state index in [1.165, 1.54) is 28.8 Å². The number of hydrogen-bond donors (Lipinski definition) is 1. The second-order valence-corrected chi connectivity index (χ2v) is 14.9. The molecule has 15 heteroatoms. The van der Waals surface area contributed by atoms with E-state index < -0.39 is 39.3 Å². The van der Waals surface area contributed by atoms with Gasteiger partial charge in [0.05, 0.1) is 12.0 Å². The molecule has 1 N–H and O–H groups in total. The quantitative estimate of drug-likeness (QED) is 0.242. The van der Waals surface area contributed by atoms with Crippen LogP contribution in [-0.4, -0.2) is 62.5 Å². The van der Waals surface area contributed by atoms with Gasteiger partial charge in [-0.15, -0.1) is 10.2 Å². The molecule has 4 aromatic rings. The van der Waals surface area contributed by atoms with Gasteiger partial charge in [-0.3, -0.25) is 9.20 Å². The van der Waals surface area contributed by atoms with Crippen molar-refractivity contribution >= 4 is 33.1 Å². The van der Waals surface area contributed by atoms with E-state index in [1.54, 1.807) is 39.0 Å². The average Bonchev–Trinajstić information content (AvgIpc) is 3.46. The minimum Gasteiger partial charge on any atom is -0.481 e. The molecule has 0 spiro atoms. The number of pyridine rings is 2. The highest BCUT2D eigenvalue weighted by Crippen LogP contribution is 2.44. The van der Waals surface area contributed by atoms with Crippen LogP contribution in [0.3, 0.4) is 0 Å². The summed E-state index contributed by atoms with van der Waals surface area (Å²) in [6.45, 7) is 14.8. The lowest BCUT2D eigenvalue weighted by molar-refractivity contribution is -0.147. The highest BCUT2D eigenvalue weighted by atomic mass is 32.2. The fourth-order valence-electron chi connectivity index (χ4n) is 6.93. The SMILES string of the molecule is [C-]#[N+]c1cnc2c(c1)S(=O)(=O)N(Cc1cc([C@@H](c3ccn4c(C(F)(F)F)nnc4c3C)C(C)(C)C(=O)O)ccc1C)C[C@@H]1CCCCN21. The summed E-state index contributed by atoms with van der Waals surface area (Å²) in [7, 11) is -4.11. The molecule has 252 valence electrons. The molecule has 0 radical (unpaired) electrons. The molecule has 3 aromatic heterocycles. The number of carbonyl (C=O) groups is 1. The Morgan fingerprint density at radius 2 is 1.90 bits per heavy atom. The number of carboxylic acid groups (broad SMARTS) is 1. The van der Waals surface area contributed by atoms with Crippen molar-refractivity contribution in [3.63, 3.8) is 0 Å². The smallest absolute Gasteiger partial charge is 0.452 e. The minimum absolute atomic E-state index is 0.0189. The predicted molar refractivity (Wildman–Crippen MR) is 170 cm³/mol. The van der Waals surface area contributed by atoms with Crippen molar-refractivity contribution in [2.75, 3.05) is 18.0 Å². The Hall–Kier alpha value is -4.55. The van der Waals surface area contributed by atoms with Gasteiger partial charge in [0.2, 0.25) is 21.5 Å². The van der Waals surface area contributed by atoms with E-state index >= 15 is 0 Å². The molecule has 1 saturated heterocycles. The summed E-state index contributed by atoms with van der Waals surface area (Å²) < 4.78 is 71.6. The zero-order valence-electron chi connectivity index (χ0n) is 26.8. The number of aliphatic carboxylic acids is 1. The lowest BCUT2D eigenvalue weighted by atomic mass is 9.70. The molecule has 2 aliphatic rings. The predicted octanol–water partition coefficient (Wildman–Crippen LogP) is 6.12. The van der Waals surface area contributed by atoms with E-state index in [2.05, 4.69) is 20.0 Å². The van der Waals surface area contributed by atoms with Crippen molar-refractivity contribution < 1.29 is 31.5 Å². The maximum absolute atomic E-state index is 14.3. The highest BCUT2D eigenvalue weighted by molar-refractivity contribution is 7.89. The molecule has 1 fully saturated rings. The van der Waals surface area contributed by atoms with Crippen LogP contribution in [0.2, 0.25) is 0 Å². The Labute approximate surface area is 275 Å². The Morgan fingerprint density at radius 1 is 1.15 bits per heavy atom. The van der Waals surface area contributed by atoms with Gasteiger partial charge in [-0.05, 0) is 86.9 Å². The third-order valence-electron chi connectivity index (χ3n) is 9.64. The van der Waals surface area contributed by atoms with Crippen molar-refractivity contribution in [3.8, 4) is 0 Å². The van der Waals surface area contributed by atoms with Gasteiger partial charge < -0.3 is 10.0 Å². The minimum atomic E-state index is -4.74. The summed E-state index contributed by atoms with van der Waals surface area (Å²) in [5.74, 6) is -2.82. The van der Waals surface area contributed by atoms with Crippen molar-refractivity contribution in [2.45, 2.75) is 76.5 Å². The third-order valence-corrected chi connectivity index (χ3v) is 11.5. The number of rotatable bonds is 6. The number of hydrogen-bond acceptors (Lipinski definition) is 7. The molecule has 11 nitrogen and oxygen atoms in total. The van der Waals surface area contributed by atoms with Crippen molar-refractivity contribution in [1.29, 1.82) is 0 Å². The van der Waals surface area contributed by atoms with E-state index in [1.807, 2.05) is 11.8 Å².